The molecule has 3 aromatic rings. The molecule has 0 saturated heterocycles. The van der Waals surface area contributed by atoms with E-state index in [-0.39, 0.29) is 12.2 Å². The minimum Gasteiger partial charge on any atom is -0.467 e. The Bertz CT molecular complexity index is 986. The van der Waals surface area contributed by atoms with Crippen molar-refractivity contribution in [2.45, 2.75) is 19.6 Å². The van der Waals surface area contributed by atoms with Crippen molar-refractivity contribution in [3.05, 3.63) is 58.0 Å². The first kappa shape index (κ1) is 18.9. The van der Waals surface area contributed by atoms with Crippen molar-refractivity contribution in [1.82, 2.24) is 9.47 Å². The highest BCUT2D eigenvalue weighted by atomic mass is 16.5. The molecule has 3 aromatic heterocycles. The number of rotatable bonds is 7. The van der Waals surface area contributed by atoms with Crippen molar-refractivity contribution in [3.63, 3.8) is 0 Å². The number of carbonyl (C=O) groups is 1. The molecule has 1 N–H and O–H groups in total. The number of hydrogen-bond donors (Lipinski definition) is 1. The van der Waals surface area contributed by atoms with Gasteiger partial charge in [0, 0.05) is 19.8 Å². The molecular formula is C19H22N2O6. The van der Waals surface area contributed by atoms with Gasteiger partial charge in [0.25, 0.3) is 0 Å². The number of esters is 1. The van der Waals surface area contributed by atoms with Crippen molar-refractivity contribution in [2.24, 2.45) is 7.05 Å². The van der Waals surface area contributed by atoms with Gasteiger partial charge in [-0.3, -0.25) is 9.69 Å². The lowest BCUT2D eigenvalue weighted by molar-refractivity contribution is 0.0524. The van der Waals surface area contributed by atoms with E-state index in [0.29, 0.717) is 35.7 Å². The number of hydrogen-bond acceptors (Lipinski definition) is 7. The summed E-state index contributed by atoms with van der Waals surface area (Å²) in [5, 5.41) is 10.5. The number of aliphatic hydroxyl groups is 1. The second kappa shape index (κ2) is 7.81. The zero-order valence-corrected chi connectivity index (χ0v) is 15.5. The molecule has 1 atom stereocenters. The van der Waals surface area contributed by atoms with Crippen LogP contribution in [0.15, 0.2) is 44.3 Å². The summed E-state index contributed by atoms with van der Waals surface area (Å²) in [6, 6.07) is 5.05. The lowest BCUT2D eigenvalue weighted by Crippen LogP contribution is -2.23. The molecule has 0 aliphatic rings. The molecule has 3 rings (SSSR count). The number of carbonyl (C=O) groups excluding carboxylic acids is 1. The Morgan fingerprint density at radius 2 is 2.22 bits per heavy atom. The predicted octanol–water partition coefficient (Wildman–Crippen LogP) is 2.07. The summed E-state index contributed by atoms with van der Waals surface area (Å²) < 4.78 is 17.5. The Kier molecular flexibility index (Phi) is 5.48. The van der Waals surface area contributed by atoms with Crippen LogP contribution in [0, 0.1) is 0 Å². The average molecular weight is 374 g/mol. The Hall–Kier alpha value is -2.84. The summed E-state index contributed by atoms with van der Waals surface area (Å²) in [7, 11) is 3.52. The van der Waals surface area contributed by atoms with E-state index in [1.165, 1.54) is 12.5 Å². The molecule has 3 heterocycles. The molecule has 1 unspecified atom stereocenters. The number of aliphatic hydroxyl groups excluding tert-OH is 1. The highest BCUT2D eigenvalue weighted by Gasteiger charge is 2.20. The van der Waals surface area contributed by atoms with Crippen LogP contribution in [0.25, 0.3) is 11.1 Å². The van der Waals surface area contributed by atoms with Crippen LogP contribution in [-0.4, -0.2) is 40.7 Å². The first-order chi connectivity index (χ1) is 12.9. The van der Waals surface area contributed by atoms with Gasteiger partial charge in [-0.2, -0.15) is 0 Å². The molecule has 27 heavy (non-hydrogen) atoms. The molecule has 0 spiro atoms. The summed E-state index contributed by atoms with van der Waals surface area (Å²) in [6.07, 6.45) is 2.16. The number of aromatic nitrogens is 1. The number of nitrogens with zero attached hydrogens (tertiary/aromatic N) is 2. The summed E-state index contributed by atoms with van der Waals surface area (Å²) in [4.78, 5) is 26.4. The standard InChI is InChI=1S/C19H22N2O6/c1-4-25-19(24)14-10-21(3)18-13(17(14)23)8-12(27-18)9-20(2)11-15(22)16-6-5-7-26-16/h5-8,10,15,22H,4,9,11H2,1-3H3. The molecule has 144 valence electrons. The van der Waals surface area contributed by atoms with E-state index >= 15 is 0 Å². The fourth-order valence-electron chi connectivity index (χ4n) is 2.94. The lowest BCUT2D eigenvalue weighted by atomic mass is 10.2. The molecule has 0 aromatic carbocycles. The number of fused-ring (bicyclic) bond motifs is 1. The molecular weight excluding hydrogens is 352 g/mol. The van der Waals surface area contributed by atoms with Crippen molar-refractivity contribution in [2.75, 3.05) is 20.2 Å². The van der Waals surface area contributed by atoms with Gasteiger partial charge in [-0.25, -0.2) is 4.79 Å². The van der Waals surface area contributed by atoms with E-state index < -0.39 is 17.5 Å². The van der Waals surface area contributed by atoms with E-state index in [9.17, 15) is 14.7 Å². The predicted molar refractivity (Wildman–Crippen MR) is 97.4 cm³/mol. The smallest absolute Gasteiger partial charge is 0.343 e. The minimum absolute atomic E-state index is 0.0270. The summed E-state index contributed by atoms with van der Waals surface area (Å²) in [5.41, 5.74) is -0.0707. The number of pyridine rings is 1. The zero-order chi connectivity index (χ0) is 19.6. The fraction of sp³-hybridized carbons (Fsp3) is 0.368. The molecule has 0 bridgehead atoms. The van der Waals surface area contributed by atoms with Crippen molar-refractivity contribution < 1.29 is 23.5 Å². The van der Waals surface area contributed by atoms with E-state index in [4.69, 9.17) is 13.6 Å². The van der Waals surface area contributed by atoms with E-state index in [0.717, 1.165) is 0 Å². The van der Waals surface area contributed by atoms with Gasteiger partial charge in [0.15, 0.2) is 0 Å². The molecule has 0 aliphatic heterocycles. The van der Waals surface area contributed by atoms with Crippen LogP contribution in [0.4, 0.5) is 0 Å². The highest BCUT2D eigenvalue weighted by molar-refractivity contribution is 5.92. The summed E-state index contributed by atoms with van der Waals surface area (Å²) >= 11 is 0. The SMILES string of the molecule is CCOC(=O)c1cn(C)c2oc(CN(C)CC(O)c3ccco3)cc2c1=O. The number of furan rings is 2. The van der Waals surface area contributed by atoms with Crippen LogP contribution in [0.5, 0.6) is 0 Å². The van der Waals surface area contributed by atoms with Gasteiger partial charge in [-0.05, 0) is 32.2 Å². The van der Waals surface area contributed by atoms with Crippen LogP contribution in [0.2, 0.25) is 0 Å². The van der Waals surface area contributed by atoms with Gasteiger partial charge in [-0.15, -0.1) is 0 Å². The minimum atomic E-state index is -0.768. The summed E-state index contributed by atoms with van der Waals surface area (Å²) in [5.74, 6) is 0.382. The molecule has 0 aliphatic carbocycles. The van der Waals surface area contributed by atoms with Gasteiger partial charge in [0.1, 0.15) is 23.2 Å². The van der Waals surface area contributed by atoms with Crippen molar-refractivity contribution in [3.8, 4) is 0 Å². The van der Waals surface area contributed by atoms with Gasteiger partial charge >= 0.3 is 5.97 Å². The monoisotopic (exact) mass is 374 g/mol. The van der Waals surface area contributed by atoms with E-state index in [2.05, 4.69) is 0 Å². The second-order valence-electron chi connectivity index (χ2n) is 6.36. The molecule has 0 amide bonds. The van der Waals surface area contributed by atoms with Gasteiger partial charge in [-0.1, -0.05) is 0 Å². The Morgan fingerprint density at radius 3 is 2.89 bits per heavy atom. The van der Waals surface area contributed by atoms with Gasteiger partial charge in [0.05, 0.1) is 24.8 Å². The normalized spacial score (nSPS) is 12.6. The zero-order valence-electron chi connectivity index (χ0n) is 15.5. The topological polar surface area (TPSA) is 98.1 Å². The van der Waals surface area contributed by atoms with Crippen LogP contribution in [0.3, 0.4) is 0 Å². The first-order valence-corrected chi connectivity index (χ1v) is 8.59. The van der Waals surface area contributed by atoms with Crippen LogP contribution < -0.4 is 5.43 Å². The molecule has 0 saturated carbocycles. The average Bonchev–Trinajstić information content (AvgIpc) is 3.28. The second-order valence-corrected chi connectivity index (χ2v) is 6.36. The maximum atomic E-state index is 12.6. The third-order valence-corrected chi connectivity index (χ3v) is 4.17. The first-order valence-electron chi connectivity index (χ1n) is 8.59. The Balaban J connectivity index is 1.82. The third-order valence-electron chi connectivity index (χ3n) is 4.17. The quantitative estimate of drug-likeness (QED) is 0.632. The van der Waals surface area contributed by atoms with Gasteiger partial charge in [0.2, 0.25) is 11.1 Å². The maximum absolute atomic E-state index is 12.6. The van der Waals surface area contributed by atoms with Crippen LogP contribution >= 0.6 is 0 Å². The molecule has 8 heteroatoms. The Morgan fingerprint density at radius 1 is 1.44 bits per heavy atom. The number of aryl methyl sites for hydroxylation is 1. The fourth-order valence-corrected chi connectivity index (χ4v) is 2.94. The maximum Gasteiger partial charge on any atom is 0.343 e. The molecule has 0 fully saturated rings. The third kappa shape index (κ3) is 3.96. The van der Waals surface area contributed by atoms with E-state index in [1.807, 2.05) is 11.9 Å². The van der Waals surface area contributed by atoms with E-state index in [1.54, 1.807) is 36.7 Å². The number of likely N-dealkylation sites (N-methyl/N-ethyl adjacent to an activating group) is 1. The molecule has 0 radical (unpaired) electrons. The lowest BCUT2D eigenvalue weighted by Gasteiger charge is -2.18. The summed E-state index contributed by atoms with van der Waals surface area (Å²) in [6.45, 7) is 2.58. The van der Waals surface area contributed by atoms with Crippen molar-refractivity contribution in [1.29, 1.82) is 0 Å². The van der Waals surface area contributed by atoms with Crippen molar-refractivity contribution >= 4 is 17.1 Å². The van der Waals surface area contributed by atoms with Gasteiger partial charge < -0.3 is 23.2 Å². The van der Waals surface area contributed by atoms with Crippen LogP contribution in [-0.2, 0) is 18.3 Å². The highest BCUT2D eigenvalue weighted by Crippen LogP contribution is 2.20. The van der Waals surface area contributed by atoms with Crippen LogP contribution in [0.1, 0.15) is 34.9 Å². The Labute approximate surface area is 155 Å². The largest absolute Gasteiger partial charge is 0.467 e. The molecule has 8 nitrogen and oxygen atoms in total. The number of ether oxygens (including phenoxy) is 1.